The molecule has 1 N–H and O–H groups in total. The van der Waals surface area contributed by atoms with Crippen LogP contribution in [0.4, 0.5) is 0 Å². The minimum atomic E-state index is -1.14. The fourth-order valence-electron chi connectivity index (χ4n) is 0.633. The Morgan fingerprint density at radius 3 is 2.91 bits per heavy atom. The smallest absolute Gasteiger partial charge is 0.360 e. The molecule has 0 aliphatic carbocycles. The zero-order valence-corrected chi connectivity index (χ0v) is 5.81. The second kappa shape index (κ2) is 2.96. The van der Waals surface area contributed by atoms with Crippen molar-refractivity contribution in [1.29, 1.82) is 0 Å². The summed E-state index contributed by atoms with van der Waals surface area (Å²) in [5, 5.41) is 15.3. The Labute approximate surface area is 62.6 Å². The van der Waals surface area contributed by atoms with Gasteiger partial charge in [-0.1, -0.05) is 0 Å². The van der Waals surface area contributed by atoms with E-state index in [4.69, 9.17) is 9.84 Å². The lowest BCUT2D eigenvalue weighted by molar-refractivity contribution is 0.0685. The quantitative estimate of drug-likeness (QED) is 0.657. The summed E-state index contributed by atoms with van der Waals surface area (Å²) >= 11 is 0. The Kier molecular flexibility index (Phi) is 2.00. The molecule has 0 radical (unpaired) electrons. The third-order valence-electron chi connectivity index (χ3n) is 1.11. The van der Waals surface area contributed by atoms with Gasteiger partial charge >= 0.3 is 5.97 Å². The highest BCUT2D eigenvalue weighted by atomic mass is 16.5. The third-order valence-corrected chi connectivity index (χ3v) is 1.11. The number of ether oxygens (including phenoxy) is 1. The van der Waals surface area contributed by atoms with E-state index in [-0.39, 0.29) is 11.4 Å². The summed E-state index contributed by atoms with van der Waals surface area (Å²) in [6.07, 6.45) is 1.37. The van der Waals surface area contributed by atoms with Crippen LogP contribution in [-0.2, 0) is 0 Å². The fraction of sp³-hybridized carbons (Fsp3) is 0.167. The molecule has 0 amide bonds. The minimum Gasteiger partial charge on any atom is -0.494 e. The van der Waals surface area contributed by atoms with Gasteiger partial charge in [-0.2, -0.15) is 5.10 Å². The first-order valence-electron chi connectivity index (χ1n) is 2.84. The van der Waals surface area contributed by atoms with Gasteiger partial charge in [-0.15, -0.1) is 5.10 Å². The maximum Gasteiger partial charge on any atom is 0.360 e. The summed E-state index contributed by atoms with van der Waals surface area (Å²) in [5.74, 6) is -0.928. The normalized spacial score (nSPS) is 9.18. The Balaban J connectivity index is 3.12. The predicted molar refractivity (Wildman–Crippen MR) is 35.5 cm³/mol. The average molecular weight is 154 g/mol. The summed E-state index contributed by atoms with van der Waals surface area (Å²) in [6, 6.07) is 1.44. The molecule has 0 atom stereocenters. The van der Waals surface area contributed by atoms with Crippen LogP contribution >= 0.6 is 0 Å². The molecular weight excluding hydrogens is 148 g/mol. The van der Waals surface area contributed by atoms with Gasteiger partial charge in [0.25, 0.3) is 0 Å². The number of hydrogen-bond acceptors (Lipinski definition) is 4. The standard InChI is InChI=1S/C6H6N2O3/c1-11-4-2-3-7-8-5(4)6(9)10/h2-3H,1H3,(H,9,10). The molecule has 0 saturated carbocycles. The molecule has 11 heavy (non-hydrogen) atoms. The molecule has 58 valence electrons. The van der Waals surface area contributed by atoms with Crippen molar-refractivity contribution >= 4 is 5.97 Å². The first kappa shape index (κ1) is 7.46. The molecule has 0 unspecified atom stereocenters. The number of aromatic carboxylic acids is 1. The molecular formula is C6H6N2O3. The summed E-state index contributed by atoms with van der Waals surface area (Å²) in [4.78, 5) is 10.4. The topological polar surface area (TPSA) is 72.3 Å². The Hall–Kier alpha value is -1.65. The van der Waals surface area contributed by atoms with E-state index in [1.54, 1.807) is 0 Å². The lowest BCUT2D eigenvalue weighted by atomic mass is 10.3. The highest BCUT2D eigenvalue weighted by Crippen LogP contribution is 2.12. The predicted octanol–water partition coefficient (Wildman–Crippen LogP) is 0.183. The number of methoxy groups -OCH3 is 1. The van der Waals surface area contributed by atoms with Crippen LogP contribution in [0.3, 0.4) is 0 Å². The minimum absolute atomic E-state index is 0.171. The molecule has 0 bridgehead atoms. The zero-order valence-electron chi connectivity index (χ0n) is 5.81. The Morgan fingerprint density at radius 1 is 1.73 bits per heavy atom. The molecule has 0 spiro atoms. The maximum absolute atomic E-state index is 10.4. The number of carboxylic acids is 1. The number of nitrogens with zero attached hydrogens (tertiary/aromatic N) is 2. The summed E-state index contributed by atoms with van der Waals surface area (Å²) < 4.78 is 4.72. The fourth-order valence-corrected chi connectivity index (χ4v) is 0.633. The number of aromatic nitrogens is 2. The molecule has 5 heteroatoms. The van der Waals surface area contributed by atoms with E-state index in [9.17, 15) is 4.79 Å². The lowest BCUT2D eigenvalue weighted by Gasteiger charge is -1.99. The molecule has 1 rings (SSSR count). The summed E-state index contributed by atoms with van der Waals surface area (Å²) in [7, 11) is 1.38. The van der Waals surface area contributed by atoms with E-state index >= 15 is 0 Å². The van der Waals surface area contributed by atoms with Crippen LogP contribution in [0.2, 0.25) is 0 Å². The van der Waals surface area contributed by atoms with Crippen molar-refractivity contribution < 1.29 is 14.6 Å². The second-order valence-electron chi connectivity index (χ2n) is 1.75. The van der Waals surface area contributed by atoms with Gasteiger partial charge in [0.1, 0.15) is 0 Å². The van der Waals surface area contributed by atoms with Crippen LogP contribution in [0.1, 0.15) is 10.5 Å². The molecule has 0 fully saturated rings. The van der Waals surface area contributed by atoms with Gasteiger partial charge in [0.05, 0.1) is 13.3 Å². The van der Waals surface area contributed by atoms with Crippen LogP contribution in [0.25, 0.3) is 0 Å². The monoisotopic (exact) mass is 154 g/mol. The Morgan fingerprint density at radius 2 is 2.45 bits per heavy atom. The number of carbonyl (C=O) groups is 1. The van der Waals surface area contributed by atoms with Crippen LogP contribution in [0.15, 0.2) is 12.3 Å². The van der Waals surface area contributed by atoms with Crippen molar-refractivity contribution in [2.24, 2.45) is 0 Å². The second-order valence-corrected chi connectivity index (χ2v) is 1.75. The van der Waals surface area contributed by atoms with Gasteiger partial charge in [0.15, 0.2) is 5.75 Å². The number of rotatable bonds is 2. The number of carboxylic acid groups (broad SMARTS) is 1. The highest BCUT2D eigenvalue weighted by molar-refractivity contribution is 5.88. The van der Waals surface area contributed by atoms with Crippen molar-refractivity contribution in [3.8, 4) is 5.75 Å². The lowest BCUT2D eigenvalue weighted by Crippen LogP contribution is -2.04. The van der Waals surface area contributed by atoms with E-state index in [0.717, 1.165) is 0 Å². The molecule has 1 aromatic heterocycles. The van der Waals surface area contributed by atoms with Gasteiger partial charge < -0.3 is 9.84 Å². The van der Waals surface area contributed by atoms with Gasteiger partial charge in [0.2, 0.25) is 5.69 Å². The van der Waals surface area contributed by atoms with E-state index < -0.39 is 5.97 Å². The van der Waals surface area contributed by atoms with E-state index in [2.05, 4.69) is 10.2 Å². The van der Waals surface area contributed by atoms with E-state index in [1.165, 1.54) is 19.4 Å². The first-order valence-corrected chi connectivity index (χ1v) is 2.84. The van der Waals surface area contributed by atoms with Crippen molar-refractivity contribution in [2.75, 3.05) is 7.11 Å². The largest absolute Gasteiger partial charge is 0.494 e. The first-order chi connectivity index (χ1) is 5.25. The van der Waals surface area contributed by atoms with E-state index in [1.807, 2.05) is 0 Å². The van der Waals surface area contributed by atoms with Crippen molar-refractivity contribution in [3.05, 3.63) is 18.0 Å². The SMILES string of the molecule is COc1ccnnc1C(=O)O. The maximum atomic E-state index is 10.4. The van der Waals surface area contributed by atoms with Crippen molar-refractivity contribution in [2.45, 2.75) is 0 Å². The zero-order chi connectivity index (χ0) is 8.27. The molecule has 5 nitrogen and oxygen atoms in total. The van der Waals surface area contributed by atoms with Crippen LogP contribution < -0.4 is 4.74 Å². The van der Waals surface area contributed by atoms with Gasteiger partial charge in [0, 0.05) is 6.07 Å². The van der Waals surface area contributed by atoms with Crippen LogP contribution in [0.5, 0.6) is 5.75 Å². The van der Waals surface area contributed by atoms with Gasteiger partial charge in [-0.3, -0.25) is 0 Å². The molecule has 0 saturated heterocycles. The van der Waals surface area contributed by atoms with Crippen molar-refractivity contribution in [3.63, 3.8) is 0 Å². The number of hydrogen-bond donors (Lipinski definition) is 1. The molecule has 1 heterocycles. The van der Waals surface area contributed by atoms with Crippen molar-refractivity contribution in [1.82, 2.24) is 10.2 Å². The summed E-state index contributed by atoms with van der Waals surface area (Å²) in [6.45, 7) is 0. The van der Waals surface area contributed by atoms with Crippen LogP contribution in [0, 0.1) is 0 Å². The summed E-state index contributed by atoms with van der Waals surface area (Å²) in [5.41, 5.74) is -0.171. The third kappa shape index (κ3) is 1.43. The highest BCUT2D eigenvalue weighted by Gasteiger charge is 2.11. The van der Waals surface area contributed by atoms with Gasteiger partial charge in [-0.05, 0) is 0 Å². The molecule has 0 aliphatic rings. The molecule has 1 aromatic rings. The Bertz CT molecular complexity index is 274. The average Bonchev–Trinajstić information content (AvgIpc) is 2.04. The van der Waals surface area contributed by atoms with Gasteiger partial charge in [-0.25, -0.2) is 4.79 Å². The van der Waals surface area contributed by atoms with E-state index in [0.29, 0.717) is 0 Å². The molecule has 0 aliphatic heterocycles. The van der Waals surface area contributed by atoms with Crippen LogP contribution in [-0.4, -0.2) is 28.4 Å². The molecule has 0 aromatic carbocycles.